The number of para-hydroxylation sites is 2. The van der Waals surface area contributed by atoms with E-state index in [1.165, 1.54) is 82.7 Å². The summed E-state index contributed by atoms with van der Waals surface area (Å²) in [4.78, 5) is 2.52. The quantitative estimate of drug-likeness (QED) is 0.169. The predicted molar refractivity (Wildman–Crippen MR) is 255 cm³/mol. The second-order valence-electron chi connectivity index (χ2n) is 16.4. The number of hydrogen-bond donors (Lipinski definition) is 0. The van der Waals surface area contributed by atoms with Crippen LogP contribution in [0.5, 0.6) is 0 Å². The zero-order valence-corrected chi connectivity index (χ0v) is 33.3. The third-order valence-electron chi connectivity index (χ3n) is 13.4. The lowest BCUT2D eigenvalue weighted by Crippen LogP contribution is -2.26. The molecule has 284 valence electrons. The second-order valence-corrected chi connectivity index (χ2v) is 16.4. The Hall–Kier alpha value is -7.94. The van der Waals surface area contributed by atoms with E-state index in [2.05, 4.69) is 240 Å². The molecule has 0 bridgehead atoms. The number of fused-ring (bicyclic) bond motifs is 14. The first-order valence-electron chi connectivity index (χ1n) is 21.2. The van der Waals surface area contributed by atoms with Crippen LogP contribution < -0.4 is 4.90 Å². The highest BCUT2D eigenvalue weighted by atomic mass is 15.2. The van der Waals surface area contributed by atoms with Crippen LogP contribution in [0.4, 0.5) is 17.1 Å². The Labute approximate surface area is 354 Å². The number of rotatable bonds is 5. The maximum atomic E-state index is 2.52. The summed E-state index contributed by atoms with van der Waals surface area (Å²) in [6.07, 6.45) is 0. The molecule has 2 heteroatoms. The van der Waals surface area contributed by atoms with E-state index in [4.69, 9.17) is 0 Å². The lowest BCUT2D eigenvalue weighted by atomic mass is 9.70. The van der Waals surface area contributed by atoms with Crippen molar-refractivity contribution in [2.45, 2.75) is 5.41 Å². The first-order chi connectivity index (χ1) is 30.3. The summed E-state index contributed by atoms with van der Waals surface area (Å²) in [6, 6.07) is 85.4. The van der Waals surface area contributed by atoms with Gasteiger partial charge in [-0.3, -0.25) is 0 Å². The average Bonchev–Trinajstić information content (AvgIpc) is 3.95. The molecule has 0 saturated carbocycles. The Bertz CT molecular complexity index is 3480. The van der Waals surface area contributed by atoms with Crippen LogP contribution in [0.25, 0.3) is 71.6 Å². The molecule has 0 saturated heterocycles. The molecule has 2 aliphatic rings. The number of benzene rings is 10. The lowest BCUT2D eigenvalue weighted by Gasteiger charge is -2.32. The normalized spacial score (nSPS) is 13.0. The van der Waals surface area contributed by atoms with Crippen LogP contribution in [0.1, 0.15) is 22.3 Å². The van der Waals surface area contributed by atoms with Crippen molar-refractivity contribution in [3.8, 4) is 39.1 Å². The van der Waals surface area contributed by atoms with Crippen LogP contribution >= 0.6 is 0 Å². The summed E-state index contributed by atoms with van der Waals surface area (Å²) < 4.78 is 2.48. The molecule has 0 N–H and O–H groups in total. The molecule has 10 aromatic carbocycles. The topological polar surface area (TPSA) is 8.17 Å². The van der Waals surface area contributed by atoms with Crippen LogP contribution in [-0.4, -0.2) is 4.57 Å². The summed E-state index contributed by atoms with van der Waals surface area (Å²) in [5.74, 6) is 0. The van der Waals surface area contributed by atoms with E-state index in [-0.39, 0.29) is 0 Å². The molecular formula is C59H38N2. The number of anilines is 3. The SMILES string of the molecule is c1ccc(-c2ccc(N(c3ccc4c(c3)C3(c5ccccc5-c5ccccc53)c3ccccc3-4)c3ccc4ccccc4c3)c3c2c2ccccc2n3-c2ccccc2)cc1. The molecule has 1 spiro atoms. The Kier molecular flexibility index (Phi) is 7.26. The molecule has 2 aliphatic carbocycles. The summed E-state index contributed by atoms with van der Waals surface area (Å²) in [5, 5.41) is 4.88. The van der Waals surface area contributed by atoms with Gasteiger partial charge in [0.1, 0.15) is 0 Å². The van der Waals surface area contributed by atoms with Gasteiger partial charge in [0, 0.05) is 27.8 Å². The molecule has 0 radical (unpaired) electrons. The molecule has 61 heavy (non-hydrogen) atoms. The van der Waals surface area contributed by atoms with Gasteiger partial charge in [-0.05, 0) is 115 Å². The standard InChI is InChI=1S/C59H38N2/c1-3-18-40(19-4-1)45-35-36-56(58-57(45)50-26-12-16-30-55(50)61(58)42-21-5-2-6-22-42)60(43-32-31-39-17-7-8-20-41(39)37-43)44-33-34-49-48-25-11-15-29-53(48)59(54(49)38-44)51-27-13-9-23-46(51)47-24-10-14-28-52(47)59/h1-38H. The van der Waals surface area contributed by atoms with Crippen LogP contribution in [0.15, 0.2) is 231 Å². The van der Waals surface area contributed by atoms with E-state index < -0.39 is 5.41 Å². The second kappa shape index (κ2) is 13.0. The first-order valence-corrected chi connectivity index (χ1v) is 21.2. The van der Waals surface area contributed by atoms with Crippen molar-refractivity contribution in [2.24, 2.45) is 0 Å². The average molecular weight is 775 g/mol. The largest absolute Gasteiger partial charge is 0.308 e. The van der Waals surface area contributed by atoms with Gasteiger partial charge < -0.3 is 9.47 Å². The Balaban J connectivity index is 1.16. The molecule has 11 aromatic rings. The minimum atomic E-state index is -0.463. The minimum absolute atomic E-state index is 0.463. The van der Waals surface area contributed by atoms with Gasteiger partial charge in [-0.15, -0.1) is 0 Å². The fraction of sp³-hybridized carbons (Fsp3) is 0.0169. The first kappa shape index (κ1) is 34.0. The summed E-state index contributed by atoms with van der Waals surface area (Å²) in [6.45, 7) is 0. The zero-order chi connectivity index (χ0) is 40.1. The fourth-order valence-corrected chi connectivity index (χ4v) is 10.9. The van der Waals surface area contributed by atoms with Gasteiger partial charge in [0.2, 0.25) is 0 Å². The molecular weight excluding hydrogens is 737 g/mol. The van der Waals surface area contributed by atoms with Crippen LogP contribution in [-0.2, 0) is 5.41 Å². The van der Waals surface area contributed by atoms with Crippen molar-refractivity contribution in [3.63, 3.8) is 0 Å². The smallest absolute Gasteiger partial charge is 0.0788 e. The van der Waals surface area contributed by atoms with Crippen LogP contribution in [0, 0.1) is 0 Å². The van der Waals surface area contributed by atoms with Gasteiger partial charge in [-0.1, -0.05) is 182 Å². The molecule has 0 amide bonds. The summed E-state index contributed by atoms with van der Waals surface area (Å²) in [5.41, 5.74) is 19.3. The van der Waals surface area contributed by atoms with Crippen molar-refractivity contribution in [1.29, 1.82) is 0 Å². The minimum Gasteiger partial charge on any atom is -0.308 e. The van der Waals surface area contributed by atoms with Gasteiger partial charge in [-0.25, -0.2) is 0 Å². The molecule has 0 fully saturated rings. The summed E-state index contributed by atoms with van der Waals surface area (Å²) in [7, 11) is 0. The van der Waals surface area contributed by atoms with Crippen LogP contribution in [0.2, 0.25) is 0 Å². The molecule has 2 nitrogen and oxygen atoms in total. The van der Waals surface area contributed by atoms with E-state index in [0.29, 0.717) is 0 Å². The van der Waals surface area contributed by atoms with Crippen molar-refractivity contribution in [1.82, 2.24) is 4.57 Å². The van der Waals surface area contributed by atoms with E-state index in [1.54, 1.807) is 0 Å². The molecule has 1 aromatic heterocycles. The highest BCUT2D eigenvalue weighted by Gasteiger charge is 2.51. The molecule has 0 unspecified atom stereocenters. The molecule has 0 aliphatic heterocycles. The Morgan fingerprint density at radius 3 is 1.59 bits per heavy atom. The highest BCUT2D eigenvalue weighted by molar-refractivity contribution is 6.20. The monoisotopic (exact) mass is 774 g/mol. The maximum Gasteiger partial charge on any atom is 0.0788 e. The summed E-state index contributed by atoms with van der Waals surface area (Å²) >= 11 is 0. The molecule has 1 heterocycles. The van der Waals surface area contributed by atoms with Gasteiger partial charge in [0.15, 0.2) is 0 Å². The lowest BCUT2D eigenvalue weighted by molar-refractivity contribution is 0.793. The molecule has 13 rings (SSSR count). The van der Waals surface area contributed by atoms with E-state index >= 15 is 0 Å². The van der Waals surface area contributed by atoms with E-state index in [0.717, 1.165) is 28.3 Å². The highest BCUT2D eigenvalue weighted by Crippen LogP contribution is 2.63. The van der Waals surface area contributed by atoms with Gasteiger partial charge in [-0.2, -0.15) is 0 Å². The Morgan fingerprint density at radius 2 is 0.885 bits per heavy atom. The number of hydrogen-bond acceptors (Lipinski definition) is 1. The zero-order valence-electron chi connectivity index (χ0n) is 33.3. The number of aromatic nitrogens is 1. The van der Waals surface area contributed by atoms with Gasteiger partial charge in [0.05, 0.1) is 22.1 Å². The maximum absolute atomic E-state index is 2.52. The van der Waals surface area contributed by atoms with E-state index in [1.807, 2.05) is 0 Å². The van der Waals surface area contributed by atoms with E-state index in [9.17, 15) is 0 Å². The third-order valence-corrected chi connectivity index (χ3v) is 13.4. The fourth-order valence-electron chi connectivity index (χ4n) is 10.9. The Morgan fingerprint density at radius 1 is 0.361 bits per heavy atom. The van der Waals surface area contributed by atoms with Crippen LogP contribution in [0.3, 0.4) is 0 Å². The molecule has 0 atom stereocenters. The number of nitrogens with zero attached hydrogens (tertiary/aromatic N) is 2. The van der Waals surface area contributed by atoms with Crippen molar-refractivity contribution in [3.05, 3.63) is 253 Å². The van der Waals surface area contributed by atoms with Crippen molar-refractivity contribution < 1.29 is 0 Å². The van der Waals surface area contributed by atoms with Crippen molar-refractivity contribution in [2.75, 3.05) is 4.90 Å². The van der Waals surface area contributed by atoms with Gasteiger partial charge in [0.25, 0.3) is 0 Å². The van der Waals surface area contributed by atoms with Gasteiger partial charge >= 0.3 is 0 Å². The predicted octanol–water partition coefficient (Wildman–Crippen LogP) is 15.4. The third kappa shape index (κ3) is 4.73. The van der Waals surface area contributed by atoms with Crippen molar-refractivity contribution >= 4 is 49.6 Å².